The lowest BCUT2D eigenvalue weighted by molar-refractivity contribution is 0.136. The van der Waals surface area contributed by atoms with Crippen LogP contribution in [0.15, 0.2) is 53.4 Å². The normalized spacial score (nSPS) is 17.2. The summed E-state index contributed by atoms with van der Waals surface area (Å²) in [5.41, 5.74) is 3.37. The van der Waals surface area contributed by atoms with Crippen molar-refractivity contribution in [1.82, 2.24) is 4.90 Å². The summed E-state index contributed by atoms with van der Waals surface area (Å²) in [6.07, 6.45) is 1.94. The number of piperidine rings is 1. The number of benzene rings is 2. The summed E-state index contributed by atoms with van der Waals surface area (Å²) in [5.74, 6) is 1.06. The van der Waals surface area contributed by atoms with E-state index in [1.54, 1.807) is 11.8 Å². The average molecular weight is 371 g/mol. The predicted octanol–water partition coefficient (Wildman–Crippen LogP) is 4.52. The Bertz CT molecular complexity index is 733. The van der Waals surface area contributed by atoms with Crippen molar-refractivity contribution in [3.63, 3.8) is 0 Å². The number of nitrogens with one attached hydrogen (secondary N) is 1. The summed E-state index contributed by atoms with van der Waals surface area (Å²) in [6.45, 7) is 3.61. The Hall–Kier alpha value is -1.98. The van der Waals surface area contributed by atoms with Crippen molar-refractivity contribution < 1.29 is 9.90 Å². The van der Waals surface area contributed by atoms with Crippen LogP contribution >= 0.6 is 11.8 Å². The number of likely N-dealkylation sites (tertiary alicyclic amines) is 1. The number of thioether (sulfide) groups is 1. The van der Waals surface area contributed by atoms with Gasteiger partial charge in [0, 0.05) is 30.3 Å². The molecular weight excluding hydrogens is 344 g/mol. The molecule has 0 saturated carbocycles. The number of carbonyl (C=O) groups is 1. The van der Waals surface area contributed by atoms with E-state index in [2.05, 4.69) is 36.5 Å². The summed E-state index contributed by atoms with van der Waals surface area (Å²) >= 11 is 1.73. The van der Waals surface area contributed by atoms with Crippen molar-refractivity contribution in [2.75, 3.05) is 25.0 Å². The Morgan fingerprint density at radius 3 is 2.77 bits per heavy atom. The summed E-state index contributed by atoms with van der Waals surface area (Å²) in [5, 5.41) is 12.4. The van der Waals surface area contributed by atoms with E-state index in [4.69, 9.17) is 0 Å². The van der Waals surface area contributed by atoms with Gasteiger partial charge in [-0.1, -0.05) is 42.0 Å². The molecule has 0 bridgehead atoms. The van der Waals surface area contributed by atoms with Crippen molar-refractivity contribution in [2.45, 2.75) is 30.4 Å². The highest BCUT2D eigenvalue weighted by Gasteiger charge is 2.23. The fourth-order valence-corrected chi connectivity index (χ4v) is 4.10. The Balaban J connectivity index is 1.63. The van der Waals surface area contributed by atoms with Crippen LogP contribution in [0.4, 0.5) is 10.5 Å². The molecule has 2 aromatic carbocycles. The number of aliphatic hydroxyl groups is 1. The van der Waals surface area contributed by atoms with Gasteiger partial charge in [-0.05, 0) is 43.4 Å². The summed E-state index contributed by atoms with van der Waals surface area (Å²) in [6, 6.07) is 16.4. The molecule has 26 heavy (non-hydrogen) atoms. The lowest BCUT2D eigenvalue weighted by atomic mass is 9.99. The van der Waals surface area contributed by atoms with Crippen LogP contribution in [0, 0.1) is 12.8 Å². The quantitative estimate of drug-likeness (QED) is 0.761. The second-order valence-electron chi connectivity index (χ2n) is 6.84. The number of urea groups is 1. The van der Waals surface area contributed by atoms with Crippen LogP contribution in [0.25, 0.3) is 0 Å². The number of nitrogens with zero attached hydrogens (tertiary/aromatic N) is 1. The Morgan fingerprint density at radius 2 is 2.00 bits per heavy atom. The van der Waals surface area contributed by atoms with Crippen molar-refractivity contribution in [1.29, 1.82) is 0 Å². The third-order valence-electron chi connectivity index (χ3n) is 4.71. The van der Waals surface area contributed by atoms with Gasteiger partial charge in [0.1, 0.15) is 0 Å². The number of rotatable bonds is 5. The van der Waals surface area contributed by atoms with Crippen molar-refractivity contribution >= 4 is 23.5 Å². The number of aryl methyl sites for hydroxylation is 1. The molecule has 2 aromatic rings. The van der Waals surface area contributed by atoms with E-state index in [9.17, 15) is 9.90 Å². The zero-order valence-corrected chi connectivity index (χ0v) is 16.0. The SMILES string of the molecule is Cc1ccc(CSc2ccccc2NC(=O)N2CCCC(CO)C2)cc1. The van der Waals surface area contributed by atoms with Gasteiger partial charge in [-0.25, -0.2) is 4.79 Å². The summed E-state index contributed by atoms with van der Waals surface area (Å²) < 4.78 is 0. The van der Waals surface area contributed by atoms with Crippen LogP contribution in [0.2, 0.25) is 0 Å². The van der Waals surface area contributed by atoms with Crippen LogP contribution in [-0.2, 0) is 5.75 Å². The molecule has 5 heteroatoms. The molecule has 138 valence electrons. The maximum atomic E-state index is 12.6. The first-order chi connectivity index (χ1) is 12.7. The third kappa shape index (κ3) is 5.02. The molecule has 0 radical (unpaired) electrons. The molecule has 2 amide bonds. The average Bonchev–Trinajstić information content (AvgIpc) is 2.68. The lowest BCUT2D eigenvalue weighted by Gasteiger charge is -2.32. The van der Waals surface area contributed by atoms with Gasteiger partial charge >= 0.3 is 6.03 Å². The first-order valence-corrected chi connectivity index (χ1v) is 10.1. The van der Waals surface area contributed by atoms with Gasteiger partial charge in [-0.2, -0.15) is 0 Å². The van der Waals surface area contributed by atoms with Crippen molar-refractivity contribution in [3.8, 4) is 0 Å². The largest absolute Gasteiger partial charge is 0.396 e. The van der Waals surface area contributed by atoms with E-state index in [0.29, 0.717) is 6.54 Å². The summed E-state index contributed by atoms with van der Waals surface area (Å²) in [4.78, 5) is 15.5. The molecule has 1 atom stereocenters. The topological polar surface area (TPSA) is 52.6 Å². The lowest BCUT2D eigenvalue weighted by Crippen LogP contribution is -2.43. The number of anilines is 1. The van der Waals surface area contributed by atoms with Gasteiger partial charge in [-0.3, -0.25) is 0 Å². The van der Waals surface area contributed by atoms with E-state index in [0.717, 1.165) is 35.7 Å². The second-order valence-corrected chi connectivity index (χ2v) is 7.85. The highest BCUT2D eigenvalue weighted by molar-refractivity contribution is 7.98. The Kier molecular flexibility index (Phi) is 6.58. The van der Waals surface area contributed by atoms with Gasteiger partial charge in [0.2, 0.25) is 0 Å². The molecule has 1 aliphatic heterocycles. The van der Waals surface area contributed by atoms with E-state index in [1.807, 2.05) is 29.2 Å². The zero-order chi connectivity index (χ0) is 18.4. The summed E-state index contributed by atoms with van der Waals surface area (Å²) in [7, 11) is 0. The minimum absolute atomic E-state index is 0.0773. The number of amides is 2. The standard InChI is InChI=1S/C21H26N2O2S/c1-16-8-10-17(11-9-16)15-26-20-7-3-2-6-19(20)22-21(25)23-12-4-5-18(13-23)14-24/h2-3,6-11,18,24H,4-5,12-15H2,1H3,(H,22,25). The minimum Gasteiger partial charge on any atom is -0.396 e. The third-order valence-corrected chi connectivity index (χ3v) is 5.85. The van der Waals surface area contributed by atoms with Crippen molar-refractivity contribution in [3.05, 3.63) is 59.7 Å². The first-order valence-electron chi connectivity index (χ1n) is 9.10. The fraction of sp³-hybridized carbons (Fsp3) is 0.381. The highest BCUT2D eigenvalue weighted by Crippen LogP contribution is 2.30. The minimum atomic E-state index is -0.0773. The molecule has 1 unspecified atom stereocenters. The second kappa shape index (κ2) is 9.10. The predicted molar refractivity (Wildman–Crippen MR) is 108 cm³/mol. The fourth-order valence-electron chi connectivity index (χ4n) is 3.13. The van der Waals surface area contributed by atoms with E-state index in [-0.39, 0.29) is 18.6 Å². The van der Waals surface area contributed by atoms with Crippen LogP contribution < -0.4 is 5.32 Å². The first kappa shape index (κ1) is 18.8. The van der Waals surface area contributed by atoms with Gasteiger partial charge < -0.3 is 15.3 Å². The van der Waals surface area contributed by atoms with Gasteiger partial charge in [0.25, 0.3) is 0 Å². The molecule has 3 rings (SSSR count). The molecule has 1 fully saturated rings. The number of para-hydroxylation sites is 1. The molecule has 2 N–H and O–H groups in total. The van der Waals surface area contributed by atoms with Crippen molar-refractivity contribution in [2.24, 2.45) is 5.92 Å². The zero-order valence-electron chi connectivity index (χ0n) is 15.1. The van der Waals surface area contributed by atoms with Gasteiger partial charge in [0.15, 0.2) is 0 Å². The number of aliphatic hydroxyl groups excluding tert-OH is 1. The van der Waals surface area contributed by atoms with Gasteiger partial charge in [-0.15, -0.1) is 11.8 Å². The van der Waals surface area contributed by atoms with Gasteiger partial charge in [0.05, 0.1) is 5.69 Å². The smallest absolute Gasteiger partial charge is 0.321 e. The van der Waals surface area contributed by atoms with Crippen LogP contribution in [0.1, 0.15) is 24.0 Å². The molecular formula is C21H26N2O2S. The number of carbonyl (C=O) groups excluding carboxylic acids is 1. The molecule has 1 saturated heterocycles. The van der Waals surface area contributed by atoms with E-state index < -0.39 is 0 Å². The molecule has 1 heterocycles. The van der Waals surface area contributed by atoms with E-state index >= 15 is 0 Å². The van der Waals surface area contributed by atoms with Crippen LogP contribution in [0.3, 0.4) is 0 Å². The Labute approximate surface area is 159 Å². The molecule has 0 aliphatic carbocycles. The molecule has 0 aromatic heterocycles. The maximum absolute atomic E-state index is 12.6. The van der Waals surface area contributed by atoms with E-state index in [1.165, 1.54) is 11.1 Å². The molecule has 1 aliphatic rings. The number of hydrogen-bond acceptors (Lipinski definition) is 3. The maximum Gasteiger partial charge on any atom is 0.321 e. The number of hydrogen-bond donors (Lipinski definition) is 2. The van der Waals surface area contributed by atoms with Crippen LogP contribution in [0.5, 0.6) is 0 Å². The molecule has 0 spiro atoms. The molecule has 4 nitrogen and oxygen atoms in total. The van der Waals surface area contributed by atoms with Crippen LogP contribution in [-0.4, -0.2) is 35.7 Å². The Morgan fingerprint density at radius 1 is 1.23 bits per heavy atom. The monoisotopic (exact) mass is 370 g/mol. The highest BCUT2D eigenvalue weighted by atomic mass is 32.2.